The molecule has 3 N–H and O–H groups in total. The van der Waals surface area contributed by atoms with Crippen molar-refractivity contribution < 1.29 is 14.2 Å². The van der Waals surface area contributed by atoms with Crippen molar-refractivity contribution in [3.05, 3.63) is 46.4 Å². The van der Waals surface area contributed by atoms with Crippen molar-refractivity contribution in [2.75, 3.05) is 14.2 Å². The molecule has 2 aromatic carbocycles. The zero-order valence-electron chi connectivity index (χ0n) is 11.6. The molecule has 0 saturated heterocycles. The molecule has 0 atom stereocenters. The highest BCUT2D eigenvalue weighted by Crippen LogP contribution is 2.41. The van der Waals surface area contributed by atoms with Crippen LogP contribution in [-0.2, 0) is 0 Å². The van der Waals surface area contributed by atoms with Gasteiger partial charge in [0.25, 0.3) is 0 Å². The van der Waals surface area contributed by atoms with E-state index in [1.807, 2.05) is 6.07 Å². The van der Waals surface area contributed by atoms with Crippen LogP contribution in [0.15, 0.2) is 40.9 Å². The minimum Gasteiger partial charge on any atom is -0.493 e. The Bertz CT molecular complexity index is 652. The molecule has 2 rings (SSSR count). The van der Waals surface area contributed by atoms with Crippen molar-refractivity contribution in [2.45, 2.75) is 0 Å². The number of amidine groups is 1. The third-order valence-electron chi connectivity index (χ3n) is 2.84. The second kappa shape index (κ2) is 6.49. The molecule has 2 aromatic rings. The highest BCUT2D eigenvalue weighted by atomic mass is 79.9. The largest absolute Gasteiger partial charge is 0.493 e. The van der Waals surface area contributed by atoms with Gasteiger partial charge in [0.2, 0.25) is 5.75 Å². The van der Waals surface area contributed by atoms with E-state index in [4.69, 9.17) is 25.4 Å². The zero-order chi connectivity index (χ0) is 15.4. The first-order chi connectivity index (χ1) is 10.1. The fourth-order valence-corrected chi connectivity index (χ4v) is 2.24. The summed E-state index contributed by atoms with van der Waals surface area (Å²) < 4.78 is 17.1. The van der Waals surface area contributed by atoms with Crippen LogP contribution in [0.2, 0.25) is 0 Å². The minimum absolute atomic E-state index is 0.00266. The van der Waals surface area contributed by atoms with E-state index in [1.165, 1.54) is 0 Å². The number of nitrogens with one attached hydrogen (secondary N) is 1. The SMILES string of the molecule is COc1cccc(OC)c1Oc1ccc(C(=N)N)cc1Br. The summed E-state index contributed by atoms with van der Waals surface area (Å²) in [4.78, 5) is 0. The van der Waals surface area contributed by atoms with E-state index in [-0.39, 0.29) is 5.84 Å². The predicted molar refractivity (Wildman–Crippen MR) is 84.8 cm³/mol. The van der Waals surface area contributed by atoms with Crippen LogP contribution < -0.4 is 19.9 Å². The third kappa shape index (κ3) is 3.28. The van der Waals surface area contributed by atoms with Gasteiger partial charge < -0.3 is 19.9 Å². The lowest BCUT2D eigenvalue weighted by molar-refractivity contribution is 0.345. The number of nitrogens with two attached hydrogens (primary N) is 1. The normalized spacial score (nSPS) is 10.0. The number of rotatable bonds is 5. The highest BCUT2D eigenvalue weighted by molar-refractivity contribution is 9.10. The van der Waals surface area contributed by atoms with Gasteiger partial charge in [0.15, 0.2) is 11.5 Å². The fourth-order valence-electron chi connectivity index (χ4n) is 1.78. The molecule has 6 heteroatoms. The van der Waals surface area contributed by atoms with Crippen molar-refractivity contribution in [1.29, 1.82) is 5.41 Å². The number of halogens is 1. The molecule has 110 valence electrons. The molecule has 0 spiro atoms. The van der Waals surface area contributed by atoms with Crippen molar-refractivity contribution in [3.63, 3.8) is 0 Å². The van der Waals surface area contributed by atoms with E-state index in [0.29, 0.717) is 33.0 Å². The molecule has 0 aliphatic rings. The summed E-state index contributed by atoms with van der Waals surface area (Å²) in [6.07, 6.45) is 0. The van der Waals surface area contributed by atoms with Crippen LogP contribution in [0.1, 0.15) is 5.56 Å². The Hall–Kier alpha value is -2.21. The summed E-state index contributed by atoms with van der Waals surface area (Å²) in [5.74, 6) is 2.19. The molecule has 0 unspecified atom stereocenters. The number of hydrogen-bond donors (Lipinski definition) is 2. The Morgan fingerprint density at radius 2 is 1.67 bits per heavy atom. The summed E-state index contributed by atoms with van der Waals surface area (Å²) in [5, 5.41) is 7.43. The van der Waals surface area contributed by atoms with Gasteiger partial charge >= 0.3 is 0 Å². The van der Waals surface area contributed by atoms with Crippen molar-refractivity contribution >= 4 is 21.8 Å². The van der Waals surface area contributed by atoms with E-state index in [0.717, 1.165) is 0 Å². The van der Waals surface area contributed by atoms with E-state index < -0.39 is 0 Å². The number of ether oxygens (including phenoxy) is 3. The molecular weight excluding hydrogens is 336 g/mol. The average Bonchev–Trinajstić information content (AvgIpc) is 2.49. The van der Waals surface area contributed by atoms with Crippen LogP contribution in [0.4, 0.5) is 0 Å². The van der Waals surface area contributed by atoms with Crippen molar-refractivity contribution in [3.8, 4) is 23.0 Å². The van der Waals surface area contributed by atoms with Gasteiger partial charge in [-0.2, -0.15) is 0 Å². The van der Waals surface area contributed by atoms with Gasteiger partial charge in [-0.1, -0.05) is 6.07 Å². The van der Waals surface area contributed by atoms with Gasteiger partial charge in [-0.25, -0.2) is 0 Å². The summed E-state index contributed by atoms with van der Waals surface area (Å²) in [5.41, 5.74) is 6.07. The van der Waals surface area contributed by atoms with E-state index in [9.17, 15) is 0 Å². The monoisotopic (exact) mass is 350 g/mol. The number of para-hydroxylation sites is 1. The highest BCUT2D eigenvalue weighted by Gasteiger charge is 2.14. The first-order valence-corrected chi connectivity index (χ1v) is 6.89. The molecule has 0 amide bonds. The van der Waals surface area contributed by atoms with Crippen LogP contribution in [0, 0.1) is 5.41 Å². The van der Waals surface area contributed by atoms with Gasteiger partial charge in [-0.3, -0.25) is 5.41 Å². The Labute approximate surface area is 131 Å². The number of methoxy groups -OCH3 is 2. The maximum absolute atomic E-state index is 7.43. The van der Waals surface area contributed by atoms with Crippen LogP contribution in [0.3, 0.4) is 0 Å². The Morgan fingerprint density at radius 3 is 2.14 bits per heavy atom. The molecule has 0 aliphatic heterocycles. The molecule has 0 radical (unpaired) electrons. The van der Waals surface area contributed by atoms with Gasteiger partial charge in [0, 0.05) is 5.56 Å². The Morgan fingerprint density at radius 1 is 1.05 bits per heavy atom. The van der Waals surface area contributed by atoms with Gasteiger partial charge in [0.05, 0.1) is 18.7 Å². The number of nitrogen functional groups attached to an aromatic ring is 1. The van der Waals surface area contributed by atoms with E-state index in [1.54, 1.807) is 44.6 Å². The minimum atomic E-state index is -0.00266. The molecule has 21 heavy (non-hydrogen) atoms. The molecule has 0 aromatic heterocycles. The van der Waals surface area contributed by atoms with Crippen LogP contribution in [0.25, 0.3) is 0 Å². The zero-order valence-corrected chi connectivity index (χ0v) is 13.2. The predicted octanol–water partition coefficient (Wildman–Crippen LogP) is 3.54. The first kappa shape index (κ1) is 15.2. The molecular formula is C15H15BrN2O3. The lowest BCUT2D eigenvalue weighted by Crippen LogP contribution is -2.10. The summed E-state index contributed by atoms with van der Waals surface area (Å²) >= 11 is 3.41. The van der Waals surface area contributed by atoms with Crippen molar-refractivity contribution in [2.24, 2.45) is 5.73 Å². The number of benzene rings is 2. The third-order valence-corrected chi connectivity index (χ3v) is 3.46. The first-order valence-electron chi connectivity index (χ1n) is 6.09. The van der Waals surface area contributed by atoms with Crippen LogP contribution >= 0.6 is 15.9 Å². The smallest absolute Gasteiger partial charge is 0.211 e. The summed E-state index contributed by atoms with van der Waals surface area (Å²) in [6, 6.07) is 10.6. The topological polar surface area (TPSA) is 77.6 Å². The molecule has 0 saturated carbocycles. The molecule has 0 heterocycles. The standard InChI is InChI=1S/C15H15BrN2O3/c1-19-12-4-3-5-13(20-2)14(12)21-11-7-6-9(15(17)18)8-10(11)16/h3-8H,1-2H3,(H3,17,18). The second-order valence-corrected chi connectivity index (χ2v) is 5.01. The maximum atomic E-state index is 7.43. The Kier molecular flexibility index (Phi) is 4.70. The lowest BCUT2D eigenvalue weighted by Gasteiger charge is -2.15. The molecule has 0 bridgehead atoms. The summed E-state index contributed by atoms with van der Waals surface area (Å²) in [6.45, 7) is 0. The summed E-state index contributed by atoms with van der Waals surface area (Å²) in [7, 11) is 3.13. The van der Waals surface area contributed by atoms with E-state index >= 15 is 0 Å². The Balaban J connectivity index is 2.40. The average molecular weight is 351 g/mol. The van der Waals surface area contributed by atoms with E-state index in [2.05, 4.69) is 15.9 Å². The fraction of sp³-hybridized carbons (Fsp3) is 0.133. The van der Waals surface area contributed by atoms with Gasteiger partial charge in [-0.05, 0) is 46.3 Å². The quantitative estimate of drug-likeness (QED) is 0.638. The van der Waals surface area contributed by atoms with Crippen molar-refractivity contribution in [1.82, 2.24) is 0 Å². The lowest BCUT2D eigenvalue weighted by atomic mass is 10.2. The van der Waals surface area contributed by atoms with Crippen LogP contribution in [-0.4, -0.2) is 20.1 Å². The van der Waals surface area contributed by atoms with Gasteiger partial charge in [0.1, 0.15) is 11.6 Å². The number of hydrogen-bond acceptors (Lipinski definition) is 4. The maximum Gasteiger partial charge on any atom is 0.211 e. The molecule has 5 nitrogen and oxygen atoms in total. The second-order valence-electron chi connectivity index (χ2n) is 4.15. The van der Waals surface area contributed by atoms with Gasteiger partial charge in [-0.15, -0.1) is 0 Å². The van der Waals surface area contributed by atoms with Crippen LogP contribution in [0.5, 0.6) is 23.0 Å². The molecule has 0 aliphatic carbocycles. The molecule has 0 fully saturated rings.